The minimum Gasteiger partial charge on any atom is -0.384 e. The van der Waals surface area contributed by atoms with Crippen molar-refractivity contribution in [2.24, 2.45) is 0 Å². The van der Waals surface area contributed by atoms with Crippen LogP contribution in [0.5, 0.6) is 0 Å². The van der Waals surface area contributed by atoms with E-state index < -0.39 is 0 Å². The van der Waals surface area contributed by atoms with Crippen molar-refractivity contribution in [3.05, 3.63) is 30.5 Å². The lowest BCUT2D eigenvalue weighted by molar-refractivity contribution is 0.128. The maximum Gasteiger partial charge on any atom is 0.157 e. The third-order valence-corrected chi connectivity index (χ3v) is 2.05. The van der Waals surface area contributed by atoms with Crippen LogP contribution in [0.4, 0.5) is 5.82 Å². The highest BCUT2D eigenvalue weighted by Gasteiger charge is 2.06. The summed E-state index contributed by atoms with van der Waals surface area (Å²) < 4.78 is 5.25. The average Bonchev–Trinajstić information content (AvgIpc) is 2.37. The fourth-order valence-corrected chi connectivity index (χ4v) is 1.34. The fourth-order valence-electron chi connectivity index (χ4n) is 1.34. The topological polar surface area (TPSA) is 86.8 Å². The molecule has 2 rings (SSSR count). The van der Waals surface area contributed by atoms with Crippen molar-refractivity contribution in [3.63, 3.8) is 0 Å². The lowest BCUT2D eigenvalue weighted by Crippen LogP contribution is -2.04. The zero-order valence-corrected chi connectivity index (χ0v) is 9.50. The lowest BCUT2D eigenvalue weighted by Gasteiger charge is -2.05. The minimum atomic E-state index is 0.342. The summed E-state index contributed by atoms with van der Waals surface area (Å²) in [4.78, 5) is 16.6. The second-order valence-corrected chi connectivity index (χ2v) is 3.32. The van der Waals surface area contributed by atoms with Gasteiger partial charge in [0, 0.05) is 25.1 Å². The Balaban J connectivity index is 2.32. The van der Waals surface area contributed by atoms with E-state index in [-0.39, 0.29) is 0 Å². The molecule has 0 radical (unpaired) electrons. The summed E-state index contributed by atoms with van der Waals surface area (Å²) in [6.07, 6.45) is 4.84. The maximum absolute atomic E-state index is 5.71. The standard InChI is InChI=1S/C11H13N5O/c1-2-17-7-11-15-8(5-10(12)16-11)9-6-13-3-4-14-9/h3-6H,2,7H2,1H3,(H2,12,15,16). The summed E-state index contributed by atoms with van der Waals surface area (Å²) in [7, 11) is 0. The molecule has 2 N–H and O–H groups in total. The number of nitrogens with two attached hydrogens (primary N) is 1. The van der Waals surface area contributed by atoms with Crippen molar-refractivity contribution in [3.8, 4) is 11.4 Å². The van der Waals surface area contributed by atoms with E-state index in [1.54, 1.807) is 24.7 Å². The Labute approximate surface area is 98.9 Å². The second-order valence-electron chi connectivity index (χ2n) is 3.32. The molecule has 0 bridgehead atoms. The summed E-state index contributed by atoms with van der Waals surface area (Å²) in [5.74, 6) is 0.947. The first-order valence-corrected chi connectivity index (χ1v) is 5.27. The van der Waals surface area contributed by atoms with E-state index in [0.717, 1.165) is 0 Å². The van der Waals surface area contributed by atoms with Crippen molar-refractivity contribution >= 4 is 5.82 Å². The van der Waals surface area contributed by atoms with Gasteiger partial charge in [0.15, 0.2) is 5.82 Å². The summed E-state index contributed by atoms with van der Waals surface area (Å²) in [5.41, 5.74) is 7.03. The minimum absolute atomic E-state index is 0.342. The number of nitrogen functional groups attached to an aromatic ring is 1. The monoisotopic (exact) mass is 231 g/mol. The highest BCUT2D eigenvalue weighted by Crippen LogP contribution is 2.15. The molecule has 2 heterocycles. The van der Waals surface area contributed by atoms with Crippen LogP contribution < -0.4 is 5.73 Å². The summed E-state index contributed by atoms with van der Waals surface area (Å²) in [5, 5.41) is 0. The molecule has 0 saturated heterocycles. The molecule has 2 aromatic heterocycles. The molecule has 0 aliphatic heterocycles. The summed E-state index contributed by atoms with van der Waals surface area (Å²) >= 11 is 0. The molecule has 0 aromatic carbocycles. The van der Waals surface area contributed by atoms with Crippen LogP contribution in [0, 0.1) is 0 Å². The van der Waals surface area contributed by atoms with Crippen LogP contribution in [0.3, 0.4) is 0 Å². The van der Waals surface area contributed by atoms with Crippen LogP contribution >= 0.6 is 0 Å². The molecule has 0 amide bonds. The van der Waals surface area contributed by atoms with Gasteiger partial charge in [-0.15, -0.1) is 0 Å². The fraction of sp³-hybridized carbons (Fsp3) is 0.273. The van der Waals surface area contributed by atoms with E-state index in [4.69, 9.17) is 10.5 Å². The molecule has 0 spiro atoms. The molecule has 88 valence electrons. The Kier molecular flexibility index (Phi) is 3.56. The molecular formula is C11H13N5O. The molecule has 0 saturated carbocycles. The van der Waals surface area contributed by atoms with Gasteiger partial charge in [0.1, 0.15) is 18.1 Å². The highest BCUT2D eigenvalue weighted by atomic mass is 16.5. The van der Waals surface area contributed by atoms with Crippen molar-refractivity contribution in [2.75, 3.05) is 12.3 Å². The van der Waals surface area contributed by atoms with Crippen LogP contribution in [-0.4, -0.2) is 26.5 Å². The molecule has 0 aliphatic rings. The molecule has 0 fully saturated rings. The van der Waals surface area contributed by atoms with E-state index in [9.17, 15) is 0 Å². The van der Waals surface area contributed by atoms with Gasteiger partial charge >= 0.3 is 0 Å². The number of anilines is 1. The van der Waals surface area contributed by atoms with Crippen LogP contribution in [0.15, 0.2) is 24.7 Å². The van der Waals surface area contributed by atoms with Crippen molar-refractivity contribution in [1.82, 2.24) is 19.9 Å². The van der Waals surface area contributed by atoms with Gasteiger partial charge in [0.25, 0.3) is 0 Å². The molecule has 0 unspecified atom stereocenters. The Hall–Kier alpha value is -2.08. The Bertz CT molecular complexity index is 488. The SMILES string of the molecule is CCOCc1nc(N)cc(-c2cnccn2)n1. The van der Waals surface area contributed by atoms with Crippen molar-refractivity contribution < 1.29 is 4.74 Å². The lowest BCUT2D eigenvalue weighted by atomic mass is 10.3. The average molecular weight is 231 g/mol. The quantitative estimate of drug-likeness (QED) is 0.846. The normalized spacial score (nSPS) is 10.4. The van der Waals surface area contributed by atoms with Gasteiger partial charge in [-0.3, -0.25) is 9.97 Å². The molecule has 0 aliphatic carbocycles. The van der Waals surface area contributed by atoms with Gasteiger partial charge in [-0.05, 0) is 6.92 Å². The molecule has 6 heteroatoms. The summed E-state index contributed by atoms with van der Waals surface area (Å²) in [6, 6.07) is 1.67. The number of ether oxygens (including phenoxy) is 1. The second kappa shape index (κ2) is 5.31. The van der Waals surface area contributed by atoms with E-state index >= 15 is 0 Å². The van der Waals surface area contributed by atoms with Crippen LogP contribution in [0.1, 0.15) is 12.7 Å². The van der Waals surface area contributed by atoms with Crippen LogP contribution in [0.2, 0.25) is 0 Å². The maximum atomic E-state index is 5.71. The van der Waals surface area contributed by atoms with Gasteiger partial charge in [-0.1, -0.05) is 0 Å². The van der Waals surface area contributed by atoms with E-state index in [1.807, 2.05) is 6.92 Å². The van der Waals surface area contributed by atoms with E-state index in [0.29, 0.717) is 36.2 Å². The van der Waals surface area contributed by atoms with Gasteiger partial charge in [0.2, 0.25) is 0 Å². The van der Waals surface area contributed by atoms with Crippen LogP contribution in [-0.2, 0) is 11.3 Å². The van der Waals surface area contributed by atoms with E-state index in [2.05, 4.69) is 19.9 Å². The predicted octanol–water partition coefficient (Wildman–Crippen LogP) is 1.05. The van der Waals surface area contributed by atoms with Gasteiger partial charge in [-0.25, -0.2) is 9.97 Å². The smallest absolute Gasteiger partial charge is 0.157 e. The van der Waals surface area contributed by atoms with E-state index in [1.165, 1.54) is 0 Å². The predicted molar refractivity (Wildman–Crippen MR) is 62.8 cm³/mol. The molecule has 0 atom stereocenters. The van der Waals surface area contributed by atoms with Gasteiger partial charge in [0.05, 0.1) is 11.9 Å². The molecular weight excluding hydrogens is 218 g/mol. The summed E-state index contributed by atoms with van der Waals surface area (Å²) in [6.45, 7) is 2.86. The Morgan fingerprint density at radius 1 is 1.24 bits per heavy atom. The zero-order chi connectivity index (χ0) is 12.1. The van der Waals surface area contributed by atoms with Crippen molar-refractivity contribution in [2.45, 2.75) is 13.5 Å². The highest BCUT2D eigenvalue weighted by molar-refractivity contribution is 5.56. The van der Waals surface area contributed by atoms with Gasteiger partial charge < -0.3 is 10.5 Å². The zero-order valence-electron chi connectivity index (χ0n) is 9.50. The Morgan fingerprint density at radius 3 is 2.82 bits per heavy atom. The number of aromatic nitrogens is 4. The largest absolute Gasteiger partial charge is 0.384 e. The first-order valence-electron chi connectivity index (χ1n) is 5.27. The molecule has 6 nitrogen and oxygen atoms in total. The first-order chi connectivity index (χ1) is 8.29. The Morgan fingerprint density at radius 2 is 2.12 bits per heavy atom. The third kappa shape index (κ3) is 2.94. The molecule has 2 aromatic rings. The number of rotatable bonds is 4. The van der Waals surface area contributed by atoms with Gasteiger partial charge in [-0.2, -0.15) is 0 Å². The number of nitrogens with zero attached hydrogens (tertiary/aromatic N) is 4. The van der Waals surface area contributed by atoms with Crippen LogP contribution in [0.25, 0.3) is 11.4 Å². The van der Waals surface area contributed by atoms with Crippen molar-refractivity contribution in [1.29, 1.82) is 0 Å². The third-order valence-electron chi connectivity index (χ3n) is 2.05. The number of hydrogen-bond donors (Lipinski definition) is 1. The molecule has 17 heavy (non-hydrogen) atoms. The number of hydrogen-bond acceptors (Lipinski definition) is 6. The first kappa shape index (κ1) is 11.4.